The van der Waals surface area contributed by atoms with Gasteiger partial charge in [-0.05, 0) is 37.3 Å². The fraction of sp³-hybridized carbons (Fsp3) is 0.0556. The van der Waals surface area contributed by atoms with Crippen LogP contribution in [0.4, 0.5) is 26.1 Å². The summed E-state index contributed by atoms with van der Waals surface area (Å²) in [5.74, 6) is -2.22. The van der Waals surface area contributed by atoms with Crippen LogP contribution in [0.15, 0.2) is 54.6 Å². The predicted octanol–water partition coefficient (Wildman–Crippen LogP) is 4.06. The van der Waals surface area contributed by atoms with Crippen LogP contribution in [0.1, 0.15) is 16.2 Å². The van der Waals surface area contributed by atoms with E-state index in [1.165, 1.54) is 12.1 Å². The Labute approximate surface area is 142 Å². The monoisotopic (exact) mass is 340 g/mol. The molecular weight excluding hydrogens is 326 g/mol. The van der Waals surface area contributed by atoms with E-state index in [0.717, 1.165) is 12.1 Å². The molecule has 0 spiro atoms. The van der Waals surface area contributed by atoms with Crippen LogP contribution < -0.4 is 10.6 Å². The summed E-state index contributed by atoms with van der Waals surface area (Å²) in [5.41, 5.74) is 1.62. The third-order valence-electron chi connectivity index (χ3n) is 3.29. The summed E-state index contributed by atoms with van der Waals surface area (Å²) < 4.78 is 26.3. The molecule has 0 radical (unpaired) electrons. The normalized spacial score (nSPS) is 10.4. The molecule has 1 aromatic heterocycles. The first-order chi connectivity index (χ1) is 12.0. The Morgan fingerprint density at radius 3 is 2.40 bits per heavy atom. The van der Waals surface area contributed by atoms with E-state index >= 15 is 0 Å². The third kappa shape index (κ3) is 4.14. The van der Waals surface area contributed by atoms with E-state index in [-0.39, 0.29) is 17.3 Å². The molecule has 0 aliphatic heterocycles. The summed E-state index contributed by atoms with van der Waals surface area (Å²) in [7, 11) is 0. The molecule has 3 aromatic rings. The van der Waals surface area contributed by atoms with Crippen molar-refractivity contribution < 1.29 is 13.6 Å². The molecule has 5 nitrogen and oxygen atoms in total. The van der Waals surface area contributed by atoms with Gasteiger partial charge in [0.2, 0.25) is 5.95 Å². The van der Waals surface area contributed by atoms with Crippen molar-refractivity contribution in [1.82, 2.24) is 9.97 Å². The summed E-state index contributed by atoms with van der Waals surface area (Å²) >= 11 is 0. The molecule has 1 amide bonds. The van der Waals surface area contributed by atoms with Crippen LogP contribution >= 0.6 is 0 Å². The van der Waals surface area contributed by atoms with Gasteiger partial charge in [-0.25, -0.2) is 18.7 Å². The summed E-state index contributed by atoms with van der Waals surface area (Å²) in [5, 5.41) is 5.49. The van der Waals surface area contributed by atoms with E-state index in [0.29, 0.717) is 11.4 Å². The first-order valence-electron chi connectivity index (χ1n) is 7.45. The number of carbonyl (C=O) groups excluding carboxylic acids is 1. The van der Waals surface area contributed by atoms with Gasteiger partial charge in [0.1, 0.15) is 5.69 Å². The standard InChI is InChI=1S/C18H14F2N4O/c1-11-9-16(17(25)22-12-5-3-2-4-6-12)24-18(21-11)23-13-7-8-14(19)15(20)10-13/h2-10H,1H3,(H,22,25)(H,21,23,24). The number of para-hydroxylation sites is 1. The van der Waals surface area contributed by atoms with E-state index in [2.05, 4.69) is 20.6 Å². The van der Waals surface area contributed by atoms with Gasteiger partial charge < -0.3 is 10.6 Å². The van der Waals surface area contributed by atoms with Crippen LogP contribution in [-0.2, 0) is 0 Å². The Balaban J connectivity index is 1.82. The zero-order valence-electron chi connectivity index (χ0n) is 13.3. The molecule has 3 rings (SSSR count). The Morgan fingerprint density at radius 2 is 1.68 bits per heavy atom. The topological polar surface area (TPSA) is 66.9 Å². The number of hydrogen-bond donors (Lipinski definition) is 2. The second-order valence-corrected chi connectivity index (χ2v) is 5.29. The Morgan fingerprint density at radius 1 is 0.920 bits per heavy atom. The zero-order chi connectivity index (χ0) is 17.8. The summed E-state index contributed by atoms with van der Waals surface area (Å²) in [6, 6.07) is 13.8. The molecule has 2 aromatic carbocycles. The average Bonchev–Trinajstić information content (AvgIpc) is 2.58. The van der Waals surface area contributed by atoms with Gasteiger partial charge in [0, 0.05) is 23.1 Å². The van der Waals surface area contributed by atoms with Crippen LogP contribution in [0.25, 0.3) is 0 Å². The maximum atomic E-state index is 13.3. The highest BCUT2D eigenvalue weighted by Crippen LogP contribution is 2.17. The number of benzene rings is 2. The number of nitrogens with one attached hydrogen (secondary N) is 2. The molecule has 126 valence electrons. The van der Waals surface area contributed by atoms with Gasteiger partial charge in [-0.1, -0.05) is 18.2 Å². The second-order valence-electron chi connectivity index (χ2n) is 5.29. The van der Waals surface area contributed by atoms with Gasteiger partial charge in [0.15, 0.2) is 11.6 Å². The van der Waals surface area contributed by atoms with Crippen molar-refractivity contribution >= 4 is 23.2 Å². The van der Waals surface area contributed by atoms with Crippen molar-refractivity contribution in [3.63, 3.8) is 0 Å². The van der Waals surface area contributed by atoms with Crippen LogP contribution in [-0.4, -0.2) is 15.9 Å². The van der Waals surface area contributed by atoms with Crippen LogP contribution in [0.5, 0.6) is 0 Å². The lowest BCUT2D eigenvalue weighted by atomic mass is 10.3. The van der Waals surface area contributed by atoms with Crippen LogP contribution in [0, 0.1) is 18.6 Å². The Bertz CT molecular complexity index is 916. The largest absolute Gasteiger partial charge is 0.324 e. The maximum absolute atomic E-state index is 13.3. The number of aromatic nitrogens is 2. The van der Waals surface area contributed by atoms with E-state index in [1.54, 1.807) is 31.2 Å². The summed E-state index contributed by atoms with van der Waals surface area (Å²) in [6.07, 6.45) is 0. The molecule has 7 heteroatoms. The zero-order valence-corrected chi connectivity index (χ0v) is 13.3. The molecule has 0 aliphatic carbocycles. The molecular formula is C18H14F2N4O. The number of anilines is 3. The highest BCUT2D eigenvalue weighted by molar-refractivity contribution is 6.03. The van der Waals surface area contributed by atoms with Gasteiger partial charge in [-0.3, -0.25) is 4.79 Å². The Hall–Kier alpha value is -3.35. The molecule has 0 atom stereocenters. The van der Waals surface area contributed by atoms with Crippen molar-refractivity contribution in [3.05, 3.63) is 77.6 Å². The fourth-order valence-electron chi connectivity index (χ4n) is 2.16. The highest BCUT2D eigenvalue weighted by atomic mass is 19.2. The van der Waals surface area contributed by atoms with E-state index < -0.39 is 17.5 Å². The minimum absolute atomic E-state index is 0.115. The number of aryl methyl sites for hydroxylation is 1. The van der Waals surface area contributed by atoms with E-state index in [1.807, 2.05) is 6.07 Å². The average molecular weight is 340 g/mol. The number of nitrogens with zero attached hydrogens (tertiary/aromatic N) is 2. The molecule has 0 saturated carbocycles. The lowest BCUT2D eigenvalue weighted by Gasteiger charge is -2.09. The quantitative estimate of drug-likeness (QED) is 0.752. The van der Waals surface area contributed by atoms with Crippen LogP contribution in [0.3, 0.4) is 0 Å². The van der Waals surface area contributed by atoms with Crippen molar-refractivity contribution in [3.8, 4) is 0 Å². The lowest BCUT2D eigenvalue weighted by molar-refractivity contribution is 0.102. The lowest BCUT2D eigenvalue weighted by Crippen LogP contribution is -2.15. The summed E-state index contributed by atoms with van der Waals surface area (Å²) in [6.45, 7) is 1.71. The van der Waals surface area contributed by atoms with Crippen molar-refractivity contribution in [2.75, 3.05) is 10.6 Å². The van der Waals surface area contributed by atoms with Crippen LogP contribution in [0.2, 0.25) is 0 Å². The number of rotatable bonds is 4. The highest BCUT2D eigenvalue weighted by Gasteiger charge is 2.12. The Kier molecular flexibility index (Phi) is 4.65. The molecule has 0 bridgehead atoms. The number of amides is 1. The number of halogens is 2. The van der Waals surface area contributed by atoms with Gasteiger partial charge in [0.05, 0.1) is 0 Å². The maximum Gasteiger partial charge on any atom is 0.274 e. The van der Waals surface area contributed by atoms with Gasteiger partial charge in [-0.2, -0.15) is 0 Å². The fourth-order valence-corrected chi connectivity index (χ4v) is 2.16. The third-order valence-corrected chi connectivity index (χ3v) is 3.29. The van der Waals surface area contributed by atoms with Crippen molar-refractivity contribution in [2.24, 2.45) is 0 Å². The van der Waals surface area contributed by atoms with Gasteiger partial charge in [0.25, 0.3) is 5.91 Å². The first-order valence-corrected chi connectivity index (χ1v) is 7.45. The van der Waals surface area contributed by atoms with Gasteiger partial charge in [-0.15, -0.1) is 0 Å². The number of carbonyl (C=O) groups is 1. The molecule has 0 saturated heterocycles. The van der Waals surface area contributed by atoms with E-state index in [4.69, 9.17) is 0 Å². The van der Waals surface area contributed by atoms with E-state index in [9.17, 15) is 13.6 Å². The molecule has 1 heterocycles. The molecule has 2 N–H and O–H groups in total. The summed E-state index contributed by atoms with van der Waals surface area (Å²) in [4.78, 5) is 20.6. The smallest absolute Gasteiger partial charge is 0.274 e. The van der Waals surface area contributed by atoms with Gasteiger partial charge >= 0.3 is 0 Å². The molecule has 25 heavy (non-hydrogen) atoms. The van der Waals surface area contributed by atoms with Crippen molar-refractivity contribution in [1.29, 1.82) is 0 Å². The second kappa shape index (κ2) is 7.04. The molecule has 0 unspecified atom stereocenters. The molecule has 0 aliphatic rings. The van der Waals surface area contributed by atoms with Crippen molar-refractivity contribution in [2.45, 2.75) is 6.92 Å². The SMILES string of the molecule is Cc1cc(C(=O)Nc2ccccc2)nc(Nc2ccc(F)c(F)c2)n1. The number of hydrogen-bond acceptors (Lipinski definition) is 4. The minimum atomic E-state index is -0.986. The predicted molar refractivity (Wildman–Crippen MR) is 90.8 cm³/mol. The first kappa shape index (κ1) is 16.5. The minimum Gasteiger partial charge on any atom is -0.324 e. The molecule has 0 fully saturated rings.